The van der Waals surface area contributed by atoms with Crippen molar-refractivity contribution >= 4 is 21.6 Å². The highest BCUT2D eigenvalue weighted by Crippen LogP contribution is 2.19. The van der Waals surface area contributed by atoms with Gasteiger partial charge in [-0.1, -0.05) is 41.4 Å². The third-order valence-corrected chi connectivity index (χ3v) is 5.09. The van der Waals surface area contributed by atoms with E-state index in [-0.39, 0.29) is 0 Å². The quantitative estimate of drug-likeness (QED) is 0.725. The topological polar surface area (TPSA) is 6.48 Å². The first-order valence-corrected chi connectivity index (χ1v) is 8.95. The van der Waals surface area contributed by atoms with E-state index in [0.717, 1.165) is 24.3 Å². The number of rotatable bonds is 6. The molecular formula is C17H27BrN2. The zero-order valence-corrected chi connectivity index (χ0v) is 14.4. The molecule has 1 aliphatic rings. The molecule has 1 fully saturated rings. The second-order valence-electron chi connectivity index (χ2n) is 5.94. The number of halogens is 1. The Balaban J connectivity index is 1.83. The van der Waals surface area contributed by atoms with Crippen LogP contribution in [0.5, 0.6) is 0 Å². The highest BCUT2D eigenvalue weighted by Gasteiger charge is 2.19. The molecule has 0 amide bonds. The third kappa shape index (κ3) is 4.49. The molecular weight excluding hydrogens is 312 g/mol. The van der Waals surface area contributed by atoms with E-state index in [4.69, 9.17) is 0 Å². The molecule has 112 valence electrons. The molecule has 1 heterocycles. The molecule has 1 saturated heterocycles. The summed E-state index contributed by atoms with van der Waals surface area (Å²) in [6.07, 6.45) is 2.63. The van der Waals surface area contributed by atoms with Crippen LogP contribution in [-0.2, 0) is 0 Å². The Morgan fingerprint density at radius 2 is 1.95 bits per heavy atom. The molecule has 1 unspecified atom stereocenters. The zero-order valence-electron chi connectivity index (χ0n) is 12.8. The normalized spacial score (nSPS) is 18.2. The molecule has 0 radical (unpaired) electrons. The molecule has 2 rings (SSSR count). The second kappa shape index (κ2) is 8.04. The standard InChI is InChI=1S/C17H27BrN2/c1-3-5-16(13-18)14-19-8-10-20(11-9-19)17-7-4-6-15(2)12-17/h4,6-7,12,16H,3,5,8-11,13-14H2,1-2H3. The van der Waals surface area contributed by atoms with Crippen molar-refractivity contribution in [3.8, 4) is 0 Å². The summed E-state index contributed by atoms with van der Waals surface area (Å²) in [5.41, 5.74) is 2.74. The Bertz CT molecular complexity index is 400. The first-order chi connectivity index (χ1) is 9.72. The van der Waals surface area contributed by atoms with Crippen LogP contribution in [0.1, 0.15) is 25.3 Å². The Morgan fingerprint density at radius 1 is 1.20 bits per heavy atom. The van der Waals surface area contributed by atoms with E-state index in [1.54, 1.807) is 0 Å². The minimum Gasteiger partial charge on any atom is -0.369 e. The van der Waals surface area contributed by atoms with E-state index in [9.17, 15) is 0 Å². The van der Waals surface area contributed by atoms with Gasteiger partial charge in [-0.3, -0.25) is 4.90 Å². The maximum Gasteiger partial charge on any atom is 0.0369 e. The van der Waals surface area contributed by atoms with Crippen molar-refractivity contribution in [3.63, 3.8) is 0 Å². The van der Waals surface area contributed by atoms with Crippen LogP contribution in [0.2, 0.25) is 0 Å². The molecule has 0 spiro atoms. The largest absolute Gasteiger partial charge is 0.369 e. The Kier molecular flexibility index (Phi) is 6.37. The van der Waals surface area contributed by atoms with Crippen molar-refractivity contribution in [2.24, 2.45) is 5.92 Å². The lowest BCUT2D eigenvalue weighted by molar-refractivity contribution is 0.222. The van der Waals surface area contributed by atoms with Crippen molar-refractivity contribution in [1.29, 1.82) is 0 Å². The van der Waals surface area contributed by atoms with E-state index in [0.29, 0.717) is 0 Å². The van der Waals surface area contributed by atoms with Crippen molar-refractivity contribution in [1.82, 2.24) is 4.90 Å². The highest BCUT2D eigenvalue weighted by atomic mass is 79.9. The summed E-state index contributed by atoms with van der Waals surface area (Å²) in [4.78, 5) is 5.15. The maximum absolute atomic E-state index is 3.66. The van der Waals surface area contributed by atoms with Crippen LogP contribution in [-0.4, -0.2) is 43.0 Å². The van der Waals surface area contributed by atoms with Crippen molar-refractivity contribution in [2.45, 2.75) is 26.7 Å². The Hall–Kier alpha value is -0.540. The lowest BCUT2D eigenvalue weighted by Crippen LogP contribution is -2.48. The summed E-state index contributed by atoms with van der Waals surface area (Å²) >= 11 is 3.66. The first kappa shape index (κ1) is 15.8. The average Bonchev–Trinajstić information content (AvgIpc) is 2.47. The minimum atomic E-state index is 0.811. The van der Waals surface area contributed by atoms with Crippen LogP contribution in [0.4, 0.5) is 5.69 Å². The molecule has 0 N–H and O–H groups in total. The number of alkyl halides is 1. The van der Waals surface area contributed by atoms with E-state index in [2.05, 4.69) is 63.8 Å². The smallest absolute Gasteiger partial charge is 0.0369 e. The number of hydrogen-bond acceptors (Lipinski definition) is 2. The minimum absolute atomic E-state index is 0.811. The molecule has 1 aromatic rings. The maximum atomic E-state index is 3.66. The molecule has 0 bridgehead atoms. The Labute approximate surface area is 132 Å². The van der Waals surface area contributed by atoms with Crippen LogP contribution in [0.25, 0.3) is 0 Å². The first-order valence-electron chi connectivity index (χ1n) is 7.83. The van der Waals surface area contributed by atoms with Gasteiger partial charge in [0.25, 0.3) is 0 Å². The van der Waals surface area contributed by atoms with Gasteiger partial charge in [-0.2, -0.15) is 0 Å². The van der Waals surface area contributed by atoms with Gasteiger partial charge in [0.05, 0.1) is 0 Å². The van der Waals surface area contributed by atoms with Gasteiger partial charge in [-0.05, 0) is 37.0 Å². The number of piperazine rings is 1. The van der Waals surface area contributed by atoms with Gasteiger partial charge >= 0.3 is 0 Å². The summed E-state index contributed by atoms with van der Waals surface area (Å²) in [6.45, 7) is 10.4. The fraction of sp³-hybridized carbons (Fsp3) is 0.647. The number of nitrogens with zero attached hydrogens (tertiary/aromatic N) is 2. The molecule has 0 aromatic heterocycles. The lowest BCUT2D eigenvalue weighted by atomic mass is 10.1. The summed E-state index contributed by atoms with van der Waals surface area (Å²) in [5, 5.41) is 1.14. The predicted molar refractivity (Wildman–Crippen MR) is 92.0 cm³/mol. The number of benzene rings is 1. The monoisotopic (exact) mass is 338 g/mol. The van der Waals surface area contributed by atoms with Crippen LogP contribution in [0, 0.1) is 12.8 Å². The SMILES string of the molecule is CCCC(CBr)CN1CCN(c2cccc(C)c2)CC1. The summed E-state index contributed by atoms with van der Waals surface area (Å²) in [7, 11) is 0. The van der Waals surface area contributed by atoms with Crippen LogP contribution < -0.4 is 4.90 Å². The van der Waals surface area contributed by atoms with Crippen LogP contribution >= 0.6 is 15.9 Å². The van der Waals surface area contributed by atoms with E-state index in [1.807, 2.05) is 0 Å². The average molecular weight is 339 g/mol. The number of hydrogen-bond donors (Lipinski definition) is 0. The van der Waals surface area contributed by atoms with E-state index >= 15 is 0 Å². The predicted octanol–water partition coefficient (Wildman–Crippen LogP) is 3.93. The molecule has 0 aliphatic carbocycles. The molecule has 1 aliphatic heterocycles. The van der Waals surface area contributed by atoms with Gasteiger partial charge in [0.2, 0.25) is 0 Å². The summed E-state index contributed by atoms with van der Waals surface area (Å²) < 4.78 is 0. The Morgan fingerprint density at radius 3 is 2.55 bits per heavy atom. The van der Waals surface area contributed by atoms with Crippen molar-refractivity contribution in [3.05, 3.63) is 29.8 Å². The van der Waals surface area contributed by atoms with Crippen molar-refractivity contribution < 1.29 is 0 Å². The summed E-state index contributed by atoms with van der Waals surface area (Å²) in [5.74, 6) is 0.811. The summed E-state index contributed by atoms with van der Waals surface area (Å²) in [6, 6.07) is 8.87. The zero-order chi connectivity index (χ0) is 14.4. The van der Waals surface area contributed by atoms with Crippen LogP contribution in [0.3, 0.4) is 0 Å². The molecule has 0 saturated carbocycles. The third-order valence-electron chi connectivity index (χ3n) is 4.17. The molecule has 1 atom stereocenters. The fourth-order valence-electron chi connectivity index (χ4n) is 3.00. The van der Waals surface area contributed by atoms with E-state index in [1.165, 1.54) is 43.7 Å². The highest BCUT2D eigenvalue weighted by molar-refractivity contribution is 9.09. The molecule has 1 aromatic carbocycles. The van der Waals surface area contributed by atoms with Gasteiger partial charge < -0.3 is 4.90 Å². The lowest BCUT2D eigenvalue weighted by Gasteiger charge is -2.37. The van der Waals surface area contributed by atoms with Gasteiger partial charge in [-0.15, -0.1) is 0 Å². The van der Waals surface area contributed by atoms with Crippen molar-refractivity contribution in [2.75, 3.05) is 43.0 Å². The number of aryl methyl sites for hydroxylation is 1. The molecule has 20 heavy (non-hydrogen) atoms. The van der Waals surface area contributed by atoms with Gasteiger partial charge in [0.1, 0.15) is 0 Å². The molecule has 3 heteroatoms. The van der Waals surface area contributed by atoms with Gasteiger partial charge in [-0.25, -0.2) is 0 Å². The van der Waals surface area contributed by atoms with Crippen LogP contribution in [0.15, 0.2) is 24.3 Å². The second-order valence-corrected chi connectivity index (χ2v) is 6.58. The van der Waals surface area contributed by atoms with Gasteiger partial charge in [0.15, 0.2) is 0 Å². The van der Waals surface area contributed by atoms with E-state index < -0.39 is 0 Å². The number of anilines is 1. The van der Waals surface area contributed by atoms with Gasteiger partial charge in [0, 0.05) is 43.7 Å². The fourth-order valence-corrected chi connectivity index (χ4v) is 3.53. The molecule has 2 nitrogen and oxygen atoms in total.